The summed E-state index contributed by atoms with van der Waals surface area (Å²) in [7, 11) is 0. The fourth-order valence-corrected chi connectivity index (χ4v) is 2.63. The van der Waals surface area contributed by atoms with Gasteiger partial charge in [-0.1, -0.05) is 35.9 Å². The highest BCUT2D eigenvalue weighted by Gasteiger charge is 2.04. The van der Waals surface area contributed by atoms with Crippen LogP contribution in [0.2, 0.25) is 5.02 Å². The molecule has 5 heteroatoms. The summed E-state index contributed by atoms with van der Waals surface area (Å²) in [5, 5.41) is 7.38. The van der Waals surface area contributed by atoms with Gasteiger partial charge in [0.05, 0.1) is 0 Å². The first-order chi connectivity index (χ1) is 12.1. The minimum absolute atomic E-state index is 0.615. The summed E-state index contributed by atoms with van der Waals surface area (Å²) in [5.74, 6) is 1.39. The van der Waals surface area contributed by atoms with Crippen LogP contribution in [0, 0.1) is 13.8 Å². The number of aryl methyl sites for hydroxylation is 1. The van der Waals surface area contributed by atoms with Gasteiger partial charge in [0.2, 0.25) is 5.95 Å². The summed E-state index contributed by atoms with van der Waals surface area (Å²) in [6.45, 7) is 4.96. The van der Waals surface area contributed by atoms with Crippen LogP contribution in [0.25, 0.3) is 0 Å². The minimum Gasteiger partial charge on any atom is -0.354 e. The molecule has 0 atom stereocenters. The second-order valence-electron chi connectivity index (χ2n) is 5.94. The smallest absolute Gasteiger partial charge is 0.224 e. The molecule has 0 bridgehead atoms. The van der Waals surface area contributed by atoms with Crippen molar-refractivity contribution in [2.75, 3.05) is 17.2 Å². The standard InChI is InChI=1S/C20H21ClN4/c1-14-4-3-5-18(15(14)2)24-19-11-13-23-20(25-19)22-12-10-16-6-8-17(21)9-7-16/h3-9,11,13H,10,12H2,1-2H3,(H2,22,23,24,25). The highest BCUT2D eigenvalue weighted by Crippen LogP contribution is 2.22. The molecular weight excluding hydrogens is 332 g/mol. The first-order valence-electron chi connectivity index (χ1n) is 8.26. The lowest BCUT2D eigenvalue weighted by molar-refractivity contribution is 0.985. The van der Waals surface area contributed by atoms with Crippen LogP contribution in [0.5, 0.6) is 0 Å². The fraction of sp³-hybridized carbons (Fsp3) is 0.200. The number of halogens is 1. The Balaban J connectivity index is 1.61. The molecule has 0 fully saturated rings. The van der Waals surface area contributed by atoms with E-state index in [1.54, 1.807) is 6.20 Å². The number of nitrogens with one attached hydrogen (secondary N) is 2. The van der Waals surface area contributed by atoms with Gasteiger partial charge in [0.25, 0.3) is 0 Å². The summed E-state index contributed by atoms with van der Waals surface area (Å²) >= 11 is 5.90. The Labute approximate surface area is 153 Å². The van der Waals surface area contributed by atoms with Crippen LogP contribution in [0.3, 0.4) is 0 Å². The molecule has 0 radical (unpaired) electrons. The summed E-state index contributed by atoms with van der Waals surface area (Å²) in [6, 6.07) is 15.9. The molecule has 1 heterocycles. The number of rotatable bonds is 6. The zero-order valence-corrected chi connectivity index (χ0v) is 15.1. The topological polar surface area (TPSA) is 49.8 Å². The molecule has 2 aromatic carbocycles. The van der Waals surface area contributed by atoms with Crippen LogP contribution < -0.4 is 10.6 Å². The molecule has 4 nitrogen and oxygen atoms in total. The third-order valence-electron chi connectivity index (χ3n) is 4.13. The number of hydrogen-bond donors (Lipinski definition) is 2. The van der Waals surface area contributed by atoms with Gasteiger partial charge in [0, 0.05) is 23.5 Å². The van der Waals surface area contributed by atoms with Gasteiger partial charge in [0.1, 0.15) is 5.82 Å². The molecule has 3 rings (SSSR count). The van der Waals surface area contributed by atoms with Crippen molar-refractivity contribution < 1.29 is 0 Å². The van der Waals surface area contributed by atoms with Crippen molar-refractivity contribution in [2.45, 2.75) is 20.3 Å². The number of nitrogens with zero attached hydrogens (tertiary/aromatic N) is 2. The summed E-state index contributed by atoms with van der Waals surface area (Å²) in [5.41, 5.74) is 4.76. The highest BCUT2D eigenvalue weighted by atomic mass is 35.5. The zero-order chi connectivity index (χ0) is 17.6. The minimum atomic E-state index is 0.615. The first-order valence-corrected chi connectivity index (χ1v) is 8.64. The molecular formula is C20H21ClN4. The van der Waals surface area contributed by atoms with Crippen LogP contribution in [0.15, 0.2) is 54.7 Å². The van der Waals surface area contributed by atoms with E-state index >= 15 is 0 Å². The van der Waals surface area contributed by atoms with Crippen LogP contribution in [-0.4, -0.2) is 16.5 Å². The highest BCUT2D eigenvalue weighted by molar-refractivity contribution is 6.30. The average molecular weight is 353 g/mol. The van der Waals surface area contributed by atoms with E-state index in [1.807, 2.05) is 36.4 Å². The summed E-state index contributed by atoms with van der Waals surface area (Å²) < 4.78 is 0. The maximum atomic E-state index is 5.90. The second kappa shape index (κ2) is 7.99. The summed E-state index contributed by atoms with van der Waals surface area (Å²) in [4.78, 5) is 8.81. The van der Waals surface area contributed by atoms with Crippen molar-refractivity contribution in [3.63, 3.8) is 0 Å². The zero-order valence-electron chi connectivity index (χ0n) is 14.4. The summed E-state index contributed by atoms with van der Waals surface area (Å²) in [6.07, 6.45) is 2.64. The third kappa shape index (κ3) is 4.70. The van der Waals surface area contributed by atoms with Crippen molar-refractivity contribution in [1.82, 2.24) is 9.97 Å². The quantitative estimate of drug-likeness (QED) is 0.644. The predicted molar refractivity (Wildman–Crippen MR) is 105 cm³/mol. The Bertz CT molecular complexity index is 847. The Kier molecular flexibility index (Phi) is 5.51. The van der Waals surface area contributed by atoms with Crippen LogP contribution in [-0.2, 0) is 6.42 Å². The first kappa shape index (κ1) is 17.2. The van der Waals surface area contributed by atoms with Crippen molar-refractivity contribution in [2.24, 2.45) is 0 Å². The monoisotopic (exact) mass is 352 g/mol. The van der Waals surface area contributed by atoms with Crippen LogP contribution in [0.1, 0.15) is 16.7 Å². The van der Waals surface area contributed by atoms with E-state index in [2.05, 4.69) is 46.6 Å². The van der Waals surface area contributed by atoms with E-state index in [9.17, 15) is 0 Å². The van der Waals surface area contributed by atoms with Crippen LogP contribution in [0.4, 0.5) is 17.5 Å². The molecule has 0 aliphatic rings. The van der Waals surface area contributed by atoms with Crippen molar-refractivity contribution in [3.8, 4) is 0 Å². The largest absolute Gasteiger partial charge is 0.354 e. The van der Waals surface area contributed by atoms with E-state index < -0.39 is 0 Å². The SMILES string of the molecule is Cc1cccc(Nc2ccnc(NCCc3ccc(Cl)cc3)n2)c1C. The third-order valence-corrected chi connectivity index (χ3v) is 4.38. The lowest BCUT2D eigenvalue weighted by atomic mass is 10.1. The van der Waals surface area contributed by atoms with Gasteiger partial charge in [0.15, 0.2) is 0 Å². The Morgan fingerprint density at radius 3 is 2.60 bits per heavy atom. The molecule has 0 aliphatic carbocycles. The molecule has 0 saturated carbocycles. The predicted octanol–water partition coefficient (Wildman–Crippen LogP) is 5.15. The van der Waals surface area contributed by atoms with E-state index in [-0.39, 0.29) is 0 Å². The molecule has 0 unspecified atom stereocenters. The lowest BCUT2D eigenvalue weighted by Gasteiger charge is -2.12. The second-order valence-corrected chi connectivity index (χ2v) is 6.38. The van der Waals surface area contributed by atoms with Gasteiger partial charge in [-0.25, -0.2) is 4.98 Å². The fourth-order valence-electron chi connectivity index (χ4n) is 2.51. The van der Waals surface area contributed by atoms with Gasteiger partial charge < -0.3 is 10.6 Å². The average Bonchev–Trinajstić information content (AvgIpc) is 2.61. The number of aromatic nitrogens is 2. The molecule has 128 valence electrons. The normalized spacial score (nSPS) is 10.5. The van der Waals surface area contributed by atoms with Gasteiger partial charge >= 0.3 is 0 Å². The van der Waals surface area contributed by atoms with E-state index in [1.165, 1.54) is 16.7 Å². The van der Waals surface area contributed by atoms with Crippen molar-refractivity contribution in [3.05, 3.63) is 76.4 Å². The lowest BCUT2D eigenvalue weighted by Crippen LogP contribution is -2.08. The molecule has 3 aromatic rings. The maximum absolute atomic E-state index is 5.90. The molecule has 0 spiro atoms. The van der Waals surface area contributed by atoms with Crippen molar-refractivity contribution >= 4 is 29.1 Å². The van der Waals surface area contributed by atoms with Gasteiger partial charge in [-0.2, -0.15) is 4.98 Å². The molecule has 2 N–H and O–H groups in total. The van der Waals surface area contributed by atoms with Gasteiger partial charge in [-0.3, -0.25) is 0 Å². The van der Waals surface area contributed by atoms with Gasteiger partial charge in [-0.05, 0) is 61.2 Å². The van der Waals surface area contributed by atoms with E-state index in [4.69, 9.17) is 11.6 Å². The maximum Gasteiger partial charge on any atom is 0.224 e. The Hall–Kier alpha value is -2.59. The number of anilines is 3. The molecule has 0 aliphatic heterocycles. The number of hydrogen-bond acceptors (Lipinski definition) is 4. The Morgan fingerprint density at radius 2 is 1.80 bits per heavy atom. The molecule has 25 heavy (non-hydrogen) atoms. The van der Waals surface area contributed by atoms with Crippen molar-refractivity contribution in [1.29, 1.82) is 0 Å². The number of benzene rings is 2. The molecule has 1 aromatic heterocycles. The Morgan fingerprint density at radius 1 is 1.00 bits per heavy atom. The molecule has 0 saturated heterocycles. The van der Waals surface area contributed by atoms with E-state index in [0.717, 1.165) is 29.5 Å². The molecule has 0 amide bonds. The van der Waals surface area contributed by atoms with Gasteiger partial charge in [-0.15, -0.1) is 0 Å². The van der Waals surface area contributed by atoms with E-state index in [0.29, 0.717) is 5.95 Å². The van der Waals surface area contributed by atoms with Crippen LogP contribution >= 0.6 is 11.6 Å².